The van der Waals surface area contributed by atoms with Crippen molar-refractivity contribution in [2.45, 2.75) is 39.7 Å². The number of rotatable bonds is 6. The maximum Gasteiger partial charge on any atom is 0.123 e. The molecule has 21 heavy (non-hydrogen) atoms. The fourth-order valence-corrected chi connectivity index (χ4v) is 2.92. The first-order valence-corrected chi connectivity index (χ1v) is 7.62. The van der Waals surface area contributed by atoms with Crippen LogP contribution >= 0.6 is 0 Å². The van der Waals surface area contributed by atoms with Crippen LogP contribution in [0.2, 0.25) is 0 Å². The minimum absolute atomic E-state index is 0.158. The van der Waals surface area contributed by atoms with Gasteiger partial charge in [-0.2, -0.15) is 0 Å². The van der Waals surface area contributed by atoms with E-state index in [-0.39, 0.29) is 5.82 Å². The first-order chi connectivity index (χ1) is 10.1. The largest absolute Gasteiger partial charge is 0.314 e. The van der Waals surface area contributed by atoms with Gasteiger partial charge in [0.1, 0.15) is 5.82 Å². The van der Waals surface area contributed by atoms with Crippen molar-refractivity contribution < 1.29 is 4.39 Å². The monoisotopic (exact) mass is 285 g/mol. The molecule has 112 valence electrons. The van der Waals surface area contributed by atoms with Gasteiger partial charge in [-0.25, -0.2) is 4.39 Å². The molecule has 0 spiro atoms. The number of hydrogen-bond acceptors (Lipinski definition) is 1. The summed E-state index contributed by atoms with van der Waals surface area (Å²) in [6.07, 6.45) is 1.81. The Hall–Kier alpha value is -1.67. The predicted octanol–water partition coefficient (Wildman–Crippen LogP) is 4.21. The summed E-state index contributed by atoms with van der Waals surface area (Å²) in [4.78, 5) is 0. The third-order valence-corrected chi connectivity index (χ3v) is 3.63. The highest BCUT2D eigenvalue weighted by Gasteiger charge is 2.10. The molecular formula is C19H24FN. The van der Waals surface area contributed by atoms with Crippen molar-refractivity contribution in [3.05, 3.63) is 70.5 Å². The smallest absolute Gasteiger partial charge is 0.123 e. The molecule has 0 aliphatic carbocycles. The van der Waals surface area contributed by atoms with Crippen LogP contribution in [0, 0.1) is 19.7 Å². The molecule has 1 nitrogen and oxygen atoms in total. The van der Waals surface area contributed by atoms with Crippen molar-refractivity contribution in [1.29, 1.82) is 0 Å². The Kier molecular flexibility index (Phi) is 5.51. The average Bonchev–Trinajstić information content (AvgIpc) is 2.37. The number of likely N-dealkylation sites (N-methyl/N-ethyl adjacent to an activating group) is 1. The van der Waals surface area contributed by atoms with E-state index < -0.39 is 0 Å². The van der Waals surface area contributed by atoms with Crippen LogP contribution in [0.3, 0.4) is 0 Å². The van der Waals surface area contributed by atoms with E-state index in [1.54, 1.807) is 12.1 Å². The molecule has 0 aromatic heterocycles. The summed E-state index contributed by atoms with van der Waals surface area (Å²) in [5.41, 5.74) is 4.98. The van der Waals surface area contributed by atoms with Gasteiger partial charge in [-0.05, 0) is 56.5 Å². The lowest BCUT2D eigenvalue weighted by Gasteiger charge is -2.19. The normalized spacial score (nSPS) is 12.4. The topological polar surface area (TPSA) is 12.0 Å². The molecule has 2 heteroatoms. The maximum absolute atomic E-state index is 13.3. The lowest BCUT2D eigenvalue weighted by atomic mass is 9.96. The Morgan fingerprint density at radius 1 is 0.952 bits per heavy atom. The van der Waals surface area contributed by atoms with Crippen molar-refractivity contribution in [3.63, 3.8) is 0 Å². The van der Waals surface area contributed by atoms with Gasteiger partial charge in [-0.15, -0.1) is 0 Å². The highest BCUT2D eigenvalue weighted by Crippen LogP contribution is 2.14. The van der Waals surface area contributed by atoms with E-state index in [4.69, 9.17) is 0 Å². The van der Waals surface area contributed by atoms with E-state index in [1.807, 2.05) is 6.07 Å². The molecular weight excluding hydrogens is 261 g/mol. The number of aryl methyl sites for hydroxylation is 2. The molecule has 2 aromatic carbocycles. The maximum atomic E-state index is 13.3. The van der Waals surface area contributed by atoms with E-state index >= 15 is 0 Å². The lowest BCUT2D eigenvalue weighted by Crippen LogP contribution is -2.33. The summed E-state index contributed by atoms with van der Waals surface area (Å²) in [6.45, 7) is 7.29. The molecule has 0 aliphatic heterocycles. The molecule has 0 saturated heterocycles. The van der Waals surface area contributed by atoms with Crippen LogP contribution in [0.4, 0.5) is 4.39 Å². The zero-order valence-corrected chi connectivity index (χ0v) is 13.1. The Morgan fingerprint density at radius 2 is 1.62 bits per heavy atom. The Labute approximate surface area is 127 Å². The molecule has 0 heterocycles. The van der Waals surface area contributed by atoms with Crippen LogP contribution in [0.15, 0.2) is 42.5 Å². The van der Waals surface area contributed by atoms with Gasteiger partial charge in [-0.1, -0.05) is 48.4 Å². The Morgan fingerprint density at radius 3 is 2.24 bits per heavy atom. The summed E-state index contributed by atoms with van der Waals surface area (Å²) in [5.74, 6) is -0.158. The molecule has 0 saturated carbocycles. The van der Waals surface area contributed by atoms with Crippen molar-refractivity contribution in [3.8, 4) is 0 Å². The van der Waals surface area contributed by atoms with E-state index in [9.17, 15) is 4.39 Å². The van der Waals surface area contributed by atoms with Gasteiger partial charge in [0.15, 0.2) is 0 Å². The van der Waals surface area contributed by atoms with Crippen molar-refractivity contribution in [1.82, 2.24) is 5.32 Å². The second-order valence-electron chi connectivity index (χ2n) is 5.79. The zero-order chi connectivity index (χ0) is 15.2. The summed E-state index contributed by atoms with van der Waals surface area (Å²) < 4.78 is 13.3. The molecule has 0 radical (unpaired) electrons. The van der Waals surface area contributed by atoms with Crippen molar-refractivity contribution in [2.75, 3.05) is 6.54 Å². The second-order valence-corrected chi connectivity index (χ2v) is 5.79. The Balaban J connectivity index is 2.11. The van der Waals surface area contributed by atoms with Crippen LogP contribution in [-0.2, 0) is 12.8 Å². The summed E-state index contributed by atoms with van der Waals surface area (Å²) in [5, 5.41) is 3.52. The summed E-state index contributed by atoms with van der Waals surface area (Å²) >= 11 is 0. The molecule has 0 aliphatic rings. The number of hydrogen-bond donors (Lipinski definition) is 1. The van der Waals surface area contributed by atoms with E-state index in [2.05, 4.69) is 44.3 Å². The van der Waals surface area contributed by atoms with Crippen molar-refractivity contribution >= 4 is 0 Å². The third kappa shape index (κ3) is 4.98. The van der Waals surface area contributed by atoms with Gasteiger partial charge in [0.2, 0.25) is 0 Å². The van der Waals surface area contributed by atoms with E-state index in [0.717, 1.165) is 24.9 Å². The molecule has 1 atom stereocenters. The number of benzene rings is 2. The fraction of sp³-hybridized carbons (Fsp3) is 0.368. The SMILES string of the molecule is CCNC(Cc1cc(C)cc(C)c1)Cc1cccc(F)c1. The van der Waals surface area contributed by atoms with Crippen LogP contribution in [0.25, 0.3) is 0 Å². The third-order valence-electron chi connectivity index (χ3n) is 3.63. The van der Waals surface area contributed by atoms with Gasteiger partial charge in [0.05, 0.1) is 0 Å². The molecule has 1 unspecified atom stereocenters. The summed E-state index contributed by atoms with van der Waals surface area (Å²) in [6, 6.07) is 13.9. The standard InChI is InChI=1S/C19H24FN/c1-4-21-19(12-16-6-5-7-18(20)11-16)13-17-9-14(2)8-15(3)10-17/h5-11,19,21H,4,12-13H2,1-3H3. The van der Waals surface area contributed by atoms with E-state index in [0.29, 0.717) is 6.04 Å². The quantitative estimate of drug-likeness (QED) is 0.838. The molecule has 2 rings (SSSR count). The first kappa shape index (κ1) is 15.7. The first-order valence-electron chi connectivity index (χ1n) is 7.62. The number of nitrogens with one attached hydrogen (secondary N) is 1. The number of halogens is 1. The highest BCUT2D eigenvalue weighted by molar-refractivity contribution is 5.29. The molecule has 0 amide bonds. The molecule has 0 bridgehead atoms. The van der Waals surface area contributed by atoms with Crippen molar-refractivity contribution in [2.24, 2.45) is 0 Å². The molecule has 0 fully saturated rings. The van der Waals surface area contributed by atoms with Crippen LogP contribution in [-0.4, -0.2) is 12.6 Å². The minimum Gasteiger partial charge on any atom is -0.314 e. The zero-order valence-electron chi connectivity index (χ0n) is 13.1. The predicted molar refractivity (Wildman–Crippen MR) is 87.2 cm³/mol. The van der Waals surface area contributed by atoms with Gasteiger partial charge in [0, 0.05) is 6.04 Å². The lowest BCUT2D eigenvalue weighted by molar-refractivity contribution is 0.519. The van der Waals surface area contributed by atoms with Crippen LogP contribution in [0.5, 0.6) is 0 Å². The van der Waals surface area contributed by atoms with Crippen LogP contribution < -0.4 is 5.32 Å². The van der Waals surface area contributed by atoms with Gasteiger partial charge < -0.3 is 5.32 Å². The fourth-order valence-electron chi connectivity index (χ4n) is 2.92. The van der Waals surface area contributed by atoms with E-state index in [1.165, 1.54) is 22.8 Å². The van der Waals surface area contributed by atoms with Gasteiger partial charge in [0.25, 0.3) is 0 Å². The molecule has 1 N–H and O–H groups in total. The minimum atomic E-state index is -0.158. The van der Waals surface area contributed by atoms with Gasteiger partial charge in [-0.3, -0.25) is 0 Å². The highest BCUT2D eigenvalue weighted by atomic mass is 19.1. The van der Waals surface area contributed by atoms with Gasteiger partial charge >= 0.3 is 0 Å². The molecule has 2 aromatic rings. The second kappa shape index (κ2) is 7.37. The van der Waals surface area contributed by atoms with Crippen LogP contribution in [0.1, 0.15) is 29.2 Å². The summed E-state index contributed by atoms with van der Waals surface area (Å²) in [7, 11) is 0. The average molecular weight is 285 g/mol. The Bertz CT molecular complexity index is 572.